The molecule has 0 atom stereocenters. The Labute approximate surface area is 110 Å². The van der Waals surface area contributed by atoms with Crippen LogP contribution >= 0.6 is 0 Å². The summed E-state index contributed by atoms with van der Waals surface area (Å²) in [5, 5.41) is 6.23. The fourth-order valence-electron chi connectivity index (χ4n) is 1.88. The summed E-state index contributed by atoms with van der Waals surface area (Å²) >= 11 is 0. The third kappa shape index (κ3) is 5.32. The summed E-state index contributed by atoms with van der Waals surface area (Å²) in [5.41, 5.74) is 3.88. The maximum atomic E-state index is 11.3. The van der Waals surface area contributed by atoms with Crippen LogP contribution in [0.3, 0.4) is 0 Å². The Hall–Kier alpha value is -1.35. The Bertz CT molecular complexity index is 379. The summed E-state index contributed by atoms with van der Waals surface area (Å²) in [4.78, 5) is 11.3. The lowest BCUT2D eigenvalue weighted by atomic mass is 10.1. The lowest BCUT2D eigenvalue weighted by Gasteiger charge is -2.09. The number of aryl methyl sites for hydroxylation is 2. The number of rotatable bonds is 6. The normalized spacial score (nSPS) is 10.7. The van der Waals surface area contributed by atoms with Gasteiger partial charge >= 0.3 is 0 Å². The maximum Gasteiger partial charge on any atom is 0.222 e. The summed E-state index contributed by atoms with van der Waals surface area (Å²) in [6, 6.07) is 6.55. The number of carbonyl (C=O) groups is 1. The third-order valence-corrected chi connectivity index (χ3v) is 2.74. The molecule has 0 radical (unpaired) electrons. The van der Waals surface area contributed by atoms with E-state index in [1.807, 2.05) is 13.8 Å². The SMILES string of the molecule is Cc1cc(C)cc(CNCCNC(=O)C(C)C)c1. The molecule has 0 fully saturated rings. The molecule has 1 rings (SSSR count). The Kier molecular flexibility index (Phi) is 5.86. The quantitative estimate of drug-likeness (QED) is 0.758. The number of nitrogens with one attached hydrogen (secondary N) is 2. The molecule has 0 unspecified atom stereocenters. The highest BCUT2D eigenvalue weighted by Crippen LogP contribution is 2.08. The van der Waals surface area contributed by atoms with Crippen LogP contribution in [0, 0.1) is 19.8 Å². The van der Waals surface area contributed by atoms with Gasteiger partial charge in [-0.3, -0.25) is 4.79 Å². The standard InChI is InChI=1S/C15H24N2O/c1-11(2)15(18)17-6-5-16-10-14-8-12(3)7-13(4)9-14/h7-9,11,16H,5-6,10H2,1-4H3,(H,17,18). The van der Waals surface area contributed by atoms with E-state index in [1.54, 1.807) is 0 Å². The smallest absolute Gasteiger partial charge is 0.222 e. The molecule has 0 heterocycles. The highest BCUT2D eigenvalue weighted by atomic mass is 16.1. The van der Waals surface area contributed by atoms with Crippen LogP contribution in [-0.4, -0.2) is 19.0 Å². The summed E-state index contributed by atoms with van der Waals surface area (Å²) in [6.45, 7) is 10.3. The van der Waals surface area contributed by atoms with Crippen LogP contribution in [0.25, 0.3) is 0 Å². The number of amides is 1. The molecule has 1 amide bonds. The second-order valence-electron chi connectivity index (χ2n) is 5.12. The van der Waals surface area contributed by atoms with Gasteiger partial charge in [-0.05, 0) is 19.4 Å². The summed E-state index contributed by atoms with van der Waals surface area (Å²) in [7, 11) is 0. The molecular weight excluding hydrogens is 224 g/mol. The topological polar surface area (TPSA) is 41.1 Å². The van der Waals surface area contributed by atoms with E-state index in [0.29, 0.717) is 6.54 Å². The Morgan fingerprint density at radius 2 is 1.72 bits per heavy atom. The van der Waals surface area contributed by atoms with E-state index in [0.717, 1.165) is 13.1 Å². The predicted molar refractivity (Wildman–Crippen MR) is 75.5 cm³/mol. The summed E-state index contributed by atoms with van der Waals surface area (Å²) in [5.74, 6) is 0.174. The van der Waals surface area contributed by atoms with Crippen LogP contribution in [0.4, 0.5) is 0 Å². The molecule has 2 N–H and O–H groups in total. The van der Waals surface area contributed by atoms with Crippen LogP contribution < -0.4 is 10.6 Å². The van der Waals surface area contributed by atoms with Crippen molar-refractivity contribution in [3.05, 3.63) is 34.9 Å². The molecule has 3 heteroatoms. The Morgan fingerprint density at radius 1 is 1.11 bits per heavy atom. The zero-order chi connectivity index (χ0) is 13.5. The van der Waals surface area contributed by atoms with Gasteiger partial charge in [-0.2, -0.15) is 0 Å². The van der Waals surface area contributed by atoms with Gasteiger partial charge in [-0.25, -0.2) is 0 Å². The second-order valence-corrected chi connectivity index (χ2v) is 5.12. The van der Waals surface area contributed by atoms with E-state index < -0.39 is 0 Å². The van der Waals surface area contributed by atoms with Gasteiger partial charge in [0, 0.05) is 25.6 Å². The van der Waals surface area contributed by atoms with Gasteiger partial charge in [0.2, 0.25) is 5.91 Å². The predicted octanol–water partition coefficient (Wildman–Crippen LogP) is 2.17. The van der Waals surface area contributed by atoms with Crippen molar-refractivity contribution in [2.75, 3.05) is 13.1 Å². The van der Waals surface area contributed by atoms with Crippen molar-refractivity contribution in [1.29, 1.82) is 0 Å². The van der Waals surface area contributed by atoms with Gasteiger partial charge in [0.05, 0.1) is 0 Å². The van der Waals surface area contributed by atoms with Crippen LogP contribution in [0.1, 0.15) is 30.5 Å². The van der Waals surface area contributed by atoms with Gasteiger partial charge in [0.15, 0.2) is 0 Å². The second kappa shape index (κ2) is 7.17. The Balaban J connectivity index is 2.24. The molecule has 0 saturated carbocycles. The molecule has 0 spiro atoms. The molecule has 0 bridgehead atoms. The van der Waals surface area contributed by atoms with Gasteiger partial charge in [-0.15, -0.1) is 0 Å². The van der Waals surface area contributed by atoms with Gasteiger partial charge in [0.25, 0.3) is 0 Å². The minimum Gasteiger partial charge on any atom is -0.355 e. The van der Waals surface area contributed by atoms with Crippen LogP contribution in [0.5, 0.6) is 0 Å². The first kappa shape index (κ1) is 14.7. The van der Waals surface area contributed by atoms with E-state index in [-0.39, 0.29) is 11.8 Å². The fourth-order valence-corrected chi connectivity index (χ4v) is 1.88. The van der Waals surface area contributed by atoms with Crippen molar-refractivity contribution >= 4 is 5.91 Å². The van der Waals surface area contributed by atoms with Gasteiger partial charge < -0.3 is 10.6 Å². The third-order valence-electron chi connectivity index (χ3n) is 2.74. The van der Waals surface area contributed by atoms with Crippen molar-refractivity contribution in [2.45, 2.75) is 34.2 Å². The largest absolute Gasteiger partial charge is 0.355 e. The number of hydrogen-bond donors (Lipinski definition) is 2. The first-order valence-electron chi connectivity index (χ1n) is 6.54. The monoisotopic (exact) mass is 248 g/mol. The van der Waals surface area contributed by atoms with E-state index in [9.17, 15) is 4.79 Å². The first-order chi connectivity index (χ1) is 8.49. The summed E-state index contributed by atoms with van der Waals surface area (Å²) < 4.78 is 0. The molecular formula is C15H24N2O. The minimum absolute atomic E-state index is 0.0597. The molecule has 0 aliphatic heterocycles. The number of carbonyl (C=O) groups excluding carboxylic acids is 1. The van der Waals surface area contributed by atoms with Crippen molar-refractivity contribution < 1.29 is 4.79 Å². The molecule has 1 aromatic carbocycles. The Morgan fingerprint density at radius 3 is 2.28 bits per heavy atom. The zero-order valence-electron chi connectivity index (χ0n) is 11.8. The highest BCUT2D eigenvalue weighted by Gasteiger charge is 2.04. The van der Waals surface area contributed by atoms with E-state index in [2.05, 4.69) is 42.7 Å². The average molecular weight is 248 g/mol. The highest BCUT2D eigenvalue weighted by molar-refractivity contribution is 5.77. The van der Waals surface area contributed by atoms with Crippen molar-refractivity contribution in [1.82, 2.24) is 10.6 Å². The fraction of sp³-hybridized carbons (Fsp3) is 0.533. The van der Waals surface area contributed by atoms with Crippen LogP contribution in [0.15, 0.2) is 18.2 Å². The molecule has 0 aromatic heterocycles. The average Bonchev–Trinajstić information content (AvgIpc) is 2.26. The van der Waals surface area contributed by atoms with Crippen molar-refractivity contribution in [2.24, 2.45) is 5.92 Å². The van der Waals surface area contributed by atoms with Crippen molar-refractivity contribution in [3.8, 4) is 0 Å². The number of benzene rings is 1. The van der Waals surface area contributed by atoms with Gasteiger partial charge in [-0.1, -0.05) is 43.2 Å². The minimum atomic E-state index is 0.0597. The molecule has 100 valence electrons. The molecule has 1 aromatic rings. The lowest BCUT2D eigenvalue weighted by Crippen LogP contribution is -2.34. The van der Waals surface area contributed by atoms with Crippen molar-refractivity contribution in [3.63, 3.8) is 0 Å². The van der Waals surface area contributed by atoms with E-state index >= 15 is 0 Å². The summed E-state index contributed by atoms with van der Waals surface area (Å²) in [6.07, 6.45) is 0. The van der Waals surface area contributed by atoms with E-state index in [4.69, 9.17) is 0 Å². The molecule has 0 saturated heterocycles. The lowest BCUT2D eigenvalue weighted by molar-refractivity contribution is -0.123. The molecule has 0 aliphatic carbocycles. The van der Waals surface area contributed by atoms with Crippen LogP contribution in [0.2, 0.25) is 0 Å². The maximum absolute atomic E-state index is 11.3. The number of hydrogen-bond acceptors (Lipinski definition) is 2. The molecule has 18 heavy (non-hydrogen) atoms. The molecule has 0 aliphatic rings. The van der Waals surface area contributed by atoms with E-state index in [1.165, 1.54) is 16.7 Å². The zero-order valence-corrected chi connectivity index (χ0v) is 11.8. The first-order valence-corrected chi connectivity index (χ1v) is 6.54. The van der Waals surface area contributed by atoms with Gasteiger partial charge in [0.1, 0.15) is 0 Å². The van der Waals surface area contributed by atoms with Crippen LogP contribution in [-0.2, 0) is 11.3 Å². The molecule has 3 nitrogen and oxygen atoms in total.